The van der Waals surface area contributed by atoms with Crippen LogP contribution >= 0.6 is 0 Å². The third kappa shape index (κ3) is 7.70. The molecule has 0 amide bonds. The molecule has 33 heavy (non-hydrogen) atoms. The molecule has 0 bridgehead atoms. The van der Waals surface area contributed by atoms with E-state index in [0.29, 0.717) is 24.5 Å². The lowest BCUT2D eigenvalue weighted by molar-refractivity contribution is -0.138. The van der Waals surface area contributed by atoms with E-state index in [0.717, 1.165) is 23.3 Å². The van der Waals surface area contributed by atoms with E-state index in [1.807, 2.05) is 0 Å². The van der Waals surface area contributed by atoms with Crippen LogP contribution in [0.25, 0.3) is 0 Å². The third-order valence-corrected chi connectivity index (χ3v) is 8.33. The maximum atomic E-state index is 11.8. The van der Waals surface area contributed by atoms with Gasteiger partial charge in [0.25, 0.3) is 0 Å². The maximum absolute atomic E-state index is 11.8. The van der Waals surface area contributed by atoms with Crippen LogP contribution in [0.4, 0.5) is 0 Å². The number of aliphatic hydroxyl groups is 1. The molecule has 0 saturated heterocycles. The van der Waals surface area contributed by atoms with Gasteiger partial charge in [-0.15, -0.1) is 0 Å². The van der Waals surface area contributed by atoms with Crippen molar-refractivity contribution in [3.8, 4) is 0 Å². The molecule has 0 heterocycles. The van der Waals surface area contributed by atoms with Crippen LogP contribution in [0.5, 0.6) is 0 Å². The van der Waals surface area contributed by atoms with E-state index in [-0.39, 0.29) is 12.6 Å². The molecule has 2 aliphatic carbocycles. The Balaban J connectivity index is 1.51. The minimum absolute atomic E-state index is 0.0483. The Morgan fingerprint density at radius 2 is 1.70 bits per heavy atom. The number of hydrogen-bond acceptors (Lipinski definition) is 3. The number of rotatable bonds is 11. The van der Waals surface area contributed by atoms with Crippen molar-refractivity contribution in [1.29, 1.82) is 0 Å². The molecule has 3 nitrogen and oxygen atoms in total. The molecule has 1 aromatic rings. The molecule has 0 spiro atoms. The fraction of sp³-hybridized carbons (Fsp3) is 0.700. The fourth-order valence-electron chi connectivity index (χ4n) is 6.28. The summed E-state index contributed by atoms with van der Waals surface area (Å²) in [5, 5.41) is 9.61. The van der Waals surface area contributed by atoms with Crippen LogP contribution in [-0.4, -0.2) is 17.7 Å². The molecule has 0 aromatic heterocycles. The van der Waals surface area contributed by atoms with Gasteiger partial charge in [0.2, 0.25) is 0 Å². The van der Waals surface area contributed by atoms with Crippen LogP contribution in [0.15, 0.2) is 30.4 Å². The molecule has 184 valence electrons. The number of aliphatic hydroxyl groups excluding tert-OH is 1. The summed E-state index contributed by atoms with van der Waals surface area (Å²) in [6.45, 7) is 8.05. The molecule has 1 aromatic carbocycles. The highest BCUT2D eigenvalue weighted by molar-refractivity contribution is 5.86. The summed E-state index contributed by atoms with van der Waals surface area (Å²) < 4.78 is 5.36. The molecule has 1 N–H and O–H groups in total. The van der Waals surface area contributed by atoms with Crippen molar-refractivity contribution in [2.45, 2.75) is 110 Å². The topological polar surface area (TPSA) is 46.5 Å². The van der Waals surface area contributed by atoms with Gasteiger partial charge < -0.3 is 9.84 Å². The normalized spacial score (nSPS) is 25.5. The average Bonchev–Trinajstić information content (AvgIpc) is 2.84. The zero-order chi connectivity index (χ0) is 23.6. The smallest absolute Gasteiger partial charge is 0.333 e. The number of benzene rings is 1. The number of ether oxygens (including phenoxy) is 1. The van der Waals surface area contributed by atoms with Gasteiger partial charge in [0.05, 0.1) is 13.2 Å². The van der Waals surface area contributed by atoms with Crippen LogP contribution in [0.2, 0.25) is 0 Å². The predicted molar refractivity (Wildman–Crippen MR) is 136 cm³/mol. The molecule has 0 unspecified atom stereocenters. The van der Waals surface area contributed by atoms with Crippen molar-refractivity contribution >= 4 is 5.97 Å². The molecule has 0 radical (unpaired) electrons. The van der Waals surface area contributed by atoms with Gasteiger partial charge in [-0.1, -0.05) is 70.2 Å². The number of unbranched alkanes of at least 4 members (excludes halogenated alkanes) is 2. The highest BCUT2D eigenvalue weighted by Crippen LogP contribution is 2.45. The van der Waals surface area contributed by atoms with Crippen molar-refractivity contribution in [3.63, 3.8) is 0 Å². The average molecular weight is 455 g/mol. The monoisotopic (exact) mass is 454 g/mol. The first-order valence-electron chi connectivity index (χ1n) is 13.6. The molecular formula is C30H46O3. The second kappa shape index (κ2) is 13.3. The van der Waals surface area contributed by atoms with Crippen LogP contribution in [0, 0.1) is 17.8 Å². The van der Waals surface area contributed by atoms with E-state index in [1.54, 1.807) is 6.92 Å². The Labute approximate surface area is 202 Å². The molecular weight excluding hydrogens is 408 g/mol. The first-order valence-corrected chi connectivity index (χ1v) is 13.6. The Morgan fingerprint density at radius 1 is 1.03 bits per heavy atom. The van der Waals surface area contributed by atoms with Crippen molar-refractivity contribution in [2.24, 2.45) is 17.8 Å². The van der Waals surface area contributed by atoms with E-state index in [2.05, 4.69) is 31.7 Å². The summed E-state index contributed by atoms with van der Waals surface area (Å²) in [7, 11) is 0. The van der Waals surface area contributed by atoms with E-state index in [9.17, 15) is 9.90 Å². The number of carbonyl (C=O) groups is 1. The standard InChI is InChI=1S/C30H46O3/c1-4-5-6-7-23-8-11-25(12-9-23)26-13-15-27(16-14-26)29-17-10-24(21-31)20-28(29)18-19-33-30(32)22(2)3/h10,17,20,23,25-27,31H,2,4-9,11-16,18-19,21H2,1,3H3. The molecule has 2 aliphatic rings. The van der Waals surface area contributed by atoms with Crippen LogP contribution in [-0.2, 0) is 22.6 Å². The lowest BCUT2D eigenvalue weighted by Gasteiger charge is -2.38. The molecule has 3 heteroatoms. The molecule has 2 saturated carbocycles. The van der Waals surface area contributed by atoms with E-state index >= 15 is 0 Å². The minimum atomic E-state index is -0.324. The summed E-state index contributed by atoms with van der Waals surface area (Å²) >= 11 is 0. The van der Waals surface area contributed by atoms with Gasteiger partial charge in [0.1, 0.15) is 0 Å². The fourth-order valence-corrected chi connectivity index (χ4v) is 6.28. The predicted octanol–water partition coefficient (Wildman–Crippen LogP) is 7.50. The lowest BCUT2D eigenvalue weighted by atomic mass is 9.67. The summed E-state index contributed by atoms with van der Waals surface area (Å²) in [5.74, 6) is 3.12. The molecule has 2 fully saturated rings. The quantitative estimate of drug-likeness (QED) is 0.214. The molecule has 3 rings (SSSR count). The van der Waals surface area contributed by atoms with Crippen LogP contribution in [0.1, 0.15) is 114 Å². The van der Waals surface area contributed by atoms with Gasteiger partial charge in [-0.05, 0) is 85.8 Å². The van der Waals surface area contributed by atoms with Crippen molar-refractivity contribution < 1.29 is 14.6 Å². The van der Waals surface area contributed by atoms with Gasteiger partial charge in [0, 0.05) is 12.0 Å². The highest BCUT2D eigenvalue weighted by atomic mass is 16.5. The Morgan fingerprint density at radius 3 is 2.30 bits per heavy atom. The molecule has 0 atom stereocenters. The second-order valence-corrected chi connectivity index (χ2v) is 10.7. The van der Waals surface area contributed by atoms with Gasteiger partial charge in [-0.3, -0.25) is 0 Å². The van der Waals surface area contributed by atoms with E-state index in [1.165, 1.54) is 88.2 Å². The van der Waals surface area contributed by atoms with E-state index < -0.39 is 0 Å². The van der Waals surface area contributed by atoms with Gasteiger partial charge >= 0.3 is 5.97 Å². The zero-order valence-electron chi connectivity index (χ0n) is 21.1. The number of esters is 1. The maximum Gasteiger partial charge on any atom is 0.333 e. The summed E-state index contributed by atoms with van der Waals surface area (Å²) in [4.78, 5) is 11.8. The number of carbonyl (C=O) groups excluding carboxylic acids is 1. The SMILES string of the molecule is C=C(C)C(=O)OCCc1cc(CO)ccc1C1CCC(C2CCC(CCCCC)CC2)CC1. The third-order valence-electron chi connectivity index (χ3n) is 8.33. The Kier molecular flexibility index (Phi) is 10.5. The minimum Gasteiger partial charge on any atom is -0.462 e. The zero-order valence-corrected chi connectivity index (χ0v) is 21.1. The van der Waals surface area contributed by atoms with E-state index in [4.69, 9.17) is 4.74 Å². The first kappa shape index (κ1) is 26.0. The highest BCUT2D eigenvalue weighted by Gasteiger charge is 2.31. The van der Waals surface area contributed by atoms with Crippen molar-refractivity contribution in [2.75, 3.05) is 6.61 Å². The summed E-state index contributed by atoms with van der Waals surface area (Å²) in [6, 6.07) is 6.38. The molecule has 0 aliphatic heterocycles. The van der Waals surface area contributed by atoms with Gasteiger partial charge in [0.15, 0.2) is 0 Å². The Hall–Kier alpha value is -1.61. The number of hydrogen-bond donors (Lipinski definition) is 1. The van der Waals surface area contributed by atoms with Crippen molar-refractivity contribution in [1.82, 2.24) is 0 Å². The summed E-state index contributed by atoms with van der Waals surface area (Å²) in [5.41, 5.74) is 4.00. The Bertz CT molecular complexity index is 752. The van der Waals surface area contributed by atoms with Gasteiger partial charge in [-0.25, -0.2) is 4.79 Å². The second-order valence-electron chi connectivity index (χ2n) is 10.7. The summed E-state index contributed by atoms with van der Waals surface area (Å²) in [6.07, 6.45) is 17.4. The first-order chi connectivity index (χ1) is 16.0. The van der Waals surface area contributed by atoms with Crippen LogP contribution < -0.4 is 0 Å². The van der Waals surface area contributed by atoms with Crippen LogP contribution in [0.3, 0.4) is 0 Å². The van der Waals surface area contributed by atoms with Crippen molar-refractivity contribution in [3.05, 3.63) is 47.0 Å². The largest absolute Gasteiger partial charge is 0.462 e. The lowest BCUT2D eigenvalue weighted by Crippen LogP contribution is -2.25. The van der Waals surface area contributed by atoms with Gasteiger partial charge in [-0.2, -0.15) is 0 Å².